The van der Waals surface area contributed by atoms with Gasteiger partial charge in [0.05, 0.1) is 10.3 Å². The number of rotatable bonds is 5. The van der Waals surface area contributed by atoms with Gasteiger partial charge < -0.3 is 11.1 Å². The average Bonchev–Trinajstić information content (AvgIpc) is 2.38. The van der Waals surface area contributed by atoms with E-state index in [1.165, 1.54) is 19.2 Å². The Morgan fingerprint density at radius 2 is 2.10 bits per heavy atom. The highest BCUT2D eigenvalue weighted by Crippen LogP contribution is 2.40. The van der Waals surface area contributed by atoms with Crippen molar-refractivity contribution in [3.8, 4) is 0 Å². The standard InChI is InChI=1S/C13H19N3O3S/c1-15-20(18,19)11-5-2-4-10(8-11)16-12(17)13(9-14)6-3-7-13/h2,4-5,8,15H,3,6-7,9,14H2,1H3,(H,16,17). The maximum atomic E-state index is 12.2. The van der Waals surface area contributed by atoms with Gasteiger partial charge in [-0.05, 0) is 38.1 Å². The highest BCUT2D eigenvalue weighted by Gasteiger charge is 2.42. The second-order valence-electron chi connectivity index (χ2n) is 5.03. The van der Waals surface area contributed by atoms with Crippen molar-refractivity contribution in [1.29, 1.82) is 0 Å². The quantitative estimate of drug-likeness (QED) is 0.743. The Morgan fingerprint density at radius 3 is 2.60 bits per heavy atom. The molecule has 7 heteroatoms. The maximum absolute atomic E-state index is 12.2. The zero-order chi connectivity index (χ0) is 14.8. The third-order valence-corrected chi connectivity index (χ3v) is 5.27. The van der Waals surface area contributed by atoms with Crippen molar-refractivity contribution in [1.82, 2.24) is 4.72 Å². The fraction of sp³-hybridized carbons (Fsp3) is 0.462. The molecular formula is C13H19N3O3S. The predicted octanol–water partition coefficient (Wildman–Crippen LogP) is 0.662. The van der Waals surface area contributed by atoms with Crippen molar-refractivity contribution < 1.29 is 13.2 Å². The molecule has 0 radical (unpaired) electrons. The number of amides is 1. The van der Waals surface area contributed by atoms with Gasteiger partial charge in [-0.2, -0.15) is 0 Å². The van der Waals surface area contributed by atoms with Gasteiger partial charge in [-0.1, -0.05) is 12.5 Å². The summed E-state index contributed by atoms with van der Waals surface area (Å²) in [7, 11) is -2.17. The third-order valence-electron chi connectivity index (χ3n) is 3.85. The first-order chi connectivity index (χ1) is 9.43. The molecule has 20 heavy (non-hydrogen) atoms. The van der Waals surface area contributed by atoms with Crippen LogP contribution < -0.4 is 15.8 Å². The van der Waals surface area contributed by atoms with Crippen LogP contribution in [0.4, 0.5) is 5.69 Å². The van der Waals surface area contributed by atoms with Crippen molar-refractivity contribution in [2.24, 2.45) is 11.1 Å². The van der Waals surface area contributed by atoms with Crippen LogP contribution in [0.2, 0.25) is 0 Å². The summed E-state index contributed by atoms with van der Waals surface area (Å²) in [6.45, 7) is 0.313. The molecule has 1 amide bonds. The van der Waals surface area contributed by atoms with Gasteiger partial charge in [0.1, 0.15) is 0 Å². The van der Waals surface area contributed by atoms with E-state index >= 15 is 0 Å². The monoisotopic (exact) mass is 297 g/mol. The van der Waals surface area contributed by atoms with Crippen molar-refractivity contribution in [2.45, 2.75) is 24.2 Å². The summed E-state index contributed by atoms with van der Waals surface area (Å²) in [6.07, 6.45) is 2.56. The Kier molecular flexibility index (Phi) is 4.12. The Bertz CT molecular complexity index is 604. The van der Waals surface area contributed by atoms with E-state index < -0.39 is 15.4 Å². The number of nitrogens with two attached hydrogens (primary N) is 1. The highest BCUT2D eigenvalue weighted by molar-refractivity contribution is 7.89. The maximum Gasteiger partial charge on any atom is 0.240 e. The van der Waals surface area contributed by atoms with E-state index in [0.29, 0.717) is 12.2 Å². The molecule has 4 N–H and O–H groups in total. The number of benzene rings is 1. The molecule has 0 aromatic heterocycles. The summed E-state index contributed by atoms with van der Waals surface area (Å²) in [4.78, 5) is 12.3. The van der Waals surface area contributed by atoms with Crippen LogP contribution in [0.3, 0.4) is 0 Å². The van der Waals surface area contributed by atoms with Crippen LogP contribution in [0.5, 0.6) is 0 Å². The third kappa shape index (κ3) is 2.70. The Morgan fingerprint density at radius 1 is 1.40 bits per heavy atom. The minimum atomic E-state index is -3.52. The van der Waals surface area contributed by atoms with Crippen LogP contribution >= 0.6 is 0 Å². The van der Waals surface area contributed by atoms with Gasteiger partial charge >= 0.3 is 0 Å². The molecule has 0 atom stereocenters. The lowest BCUT2D eigenvalue weighted by Crippen LogP contribution is -2.47. The van der Waals surface area contributed by atoms with E-state index in [0.717, 1.165) is 19.3 Å². The second-order valence-corrected chi connectivity index (χ2v) is 6.91. The van der Waals surface area contributed by atoms with Crippen molar-refractivity contribution >= 4 is 21.6 Å². The molecule has 0 aliphatic heterocycles. The molecule has 0 unspecified atom stereocenters. The molecule has 110 valence electrons. The molecule has 2 rings (SSSR count). The first kappa shape index (κ1) is 15.0. The number of anilines is 1. The van der Waals surface area contributed by atoms with E-state index in [1.807, 2.05) is 0 Å². The van der Waals surface area contributed by atoms with Crippen LogP contribution in [-0.4, -0.2) is 27.9 Å². The first-order valence-electron chi connectivity index (χ1n) is 6.49. The van der Waals surface area contributed by atoms with Gasteiger partial charge in [0, 0.05) is 12.2 Å². The normalized spacial score (nSPS) is 17.3. The van der Waals surface area contributed by atoms with Crippen molar-refractivity contribution in [3.05, 3.63) is 24.3 Å². The van der Waals surface area contributed by atoms with E-state index in [1.54, 1.807) is 12.1 Å². The molecule has 1 aromatic carbocycles. The molecule has 0 bridgehead atoms. The topological polar surface area (TPSA) is 101 Å². The summed E-state index contributed by atoms with van der Waals surface area (Å²) in [6, 6.07) is 6.17. The smallest absolute Gasteiger partial charge is 0.240 e. The Hall–Kier alpha value is -1.44. The van der Waals surface area contributed by atoms with Gasteiger partial charge in [-0.25, -0.2) is 13.1 Å². The molecule has 0 heterocycles. The molecule has 1 aliphatic carbocycles. The van der Waals surface area contributed by atoms with Gasteiger partial charge in [-0.3, -0.25) is 4.79 Å². The van der Waals surface area contributed by atoms with Crippen LogP contribution in [-0.2, 0) is 14.8 Å². The van der Waals surface area contributed by atoms with Gasteiger partial charge in [0.2, 0.25) is 15.9 Å². The Balaban J connectivity index is 2.19. The SMILES string of the molecule is CNS(=O)(=O)c1cccc(NC(=O)C2(CN)CCC2)c1. The second kappa shape index (κ2) is 5.51. The summed E-state index contributed by atoms with van der Waals surface area (Å²) in [5.74, 6) is -0.134. The minimum absolute atomic E-state index is 0.119. The fourth-order valence-corrected chi connectivity index (χ4v) is 3.03. The van der Waals surface area contributed by atoms with Gasteiger partial charge in [0.25, 0.3) is 0 Å². The molecule has 1 aliphatic rings. The first-order valence-corrected chi connectivity index (χ1v) is 7.97. The molecular weight excluding hydrogens is 278 g/mol. The summed E-state index contributed by atoms with van der Waals surface area (Å²) in [5.41, 5.74) is 5.65. The van der Waals surface area contributed by atoms with E-state index in [2.05, 4.69) is 10.0 Å². The lowest BCUT2D eigenvalue weighted by Gasteiger charge is -2.39. The lowest BCUT2D eigenvalue weighted by molar-refractivity contribution is -0.129. The van der Waals surface area contributed by atoms with Crippen LogP contribution in [0.25, 0.3) is 0 Å². The number of hydrogen-bond donors (Lipinski definition) is 3. The molecule has 1 aromatic rings. The number of nitrogens with one attached hydrogen (secondary N) is 2. The largest absolute Gasteiger partial charge is 0.329 e. The highest BCUT2D eigenvalue weighted by atomic mass is 32.2. The molecule has 0 spiro atoms. The van der Waals surface area contributed by atoms with Crippen molar-refractivity contribution in [2.75, 3.05) is 18.9 Å². The minimum Gasteiger partial charge on any atom is -0.329 e. The number of carbonyl (C=O) groups is 1. The van der Waals surface area contributed by atoms with E-state index in [9.17, 15) is 13.2 Å². The number of carbonyl (C=O) groups excluding carboxylic acids is 1. The zero-order valence-electron chi connectivity index (χ0n) is 11.3. The van der Waals surface area contributed by atoms with Crippen molar-refractivity contribution in [3.63, 3.8) is 0 Å². The zero-order valence-corrected chi connectivity index (χ0v) is 12.2. The van der Waals surface area contributed by atoms with E-state index in [4.69, 9.17) is 5.73 Å². The summed E-state index contributed by atoms with van der Waals surface area (Å²) < 4.78 is 25.7. The number of hydrogen-bond acceptors (Lipinski definition) is 4. The predicted molar refractivity (Wildman–Crippen MR) is 76.7 cm³/mol. The molecule has 1 saturated carbocycles. The van der Waals surface area contributed by atoms with E-state index in [-0.39, 0.29) is 10.8 Å². The lowest BCUT2D eigenvalue weighted by atomic mass is 9.68. The molecule has 0 saturated heterocycles. The fourth-order valence-electron chi connectivity index (χ4n) is 2.25. The molecule has 1 fully saturated rings. The number of sulfonamides is 1. The van der Waals surface area contributed by atoms with Gasteiger partial charge in [-0.15, -0.1) is 0 Å². The van der Waals surface area contributed by atoms with Crippen LogP contribution in [0, 0.1) is 5.41 Å². The van der Waals surface area contributed by atoms with Crippen LogP contribution in [0.1, 0.15) is 19.3 Å². The summed E-state index contributed by atoms with van der Waals surface area (Å²) >= 11 is 0. The van der Waals surface area contributed by atoms with Crippen LogP contribution in [0.15, 0.2) is 29.2 Å². The summed E-state index contributed by atoms with van der Waals surface area (Å²) in [5, 5.41) is 2.76. The average molecular weight is 297 g/mol. The molecule has 6 nitrogen and oxygen atoms in total. The van der Waals surface area contributed by atoms with Gasteiger partial charge in [0.15, 0.2) is 0 Å². The Labute approximate surface area is 118 Å².